The maximum atomic E-state index is 6.00. The van der Waals surface area contributed by atoms with E-state index in [1.807, 2.05) is 6.07 Å². The third-order valence-corrected chi connectivity index (χ3v) is 3.39. The van der Waals surface area contributed by atoms with Gasteiger partial charge in [0.15, 0.2) is 0 Å². The first-order valence-corrected chi connectivity index (χ1v) is 6.67. The second-order valence-electron chi connectivity index (χ2n) is 4.21. The quantitative estimate of drug-likeness (QED) is 0.690. The molecule has 17 heavy (non-hydrogen) atoms. The molecule has 0 aliphatic carbocycles. The van der Waals surface area contributed by atoms with Crippen molar-refractivity contribution >= 4 is 17.3 Å². The molecule has 1 unspecified atom stereocenters. The number of anilines is 1. The third-order valence-electron chi connectivity index (χ3n) is 3.10. The maximum Gasteiger partial charge on any atom is 0.0637 e. The van der Waals surface area contributed by atoms with Gasteiger partial charge >= 0.3 is 0 Å². The van der Waals surface area contributed by atoms with Crippen molar-refractivity contribution in [2.24, 2.45) is 0 Å². The van der Waals surface area contributed by atoms with Crippen LogP contribution in [0.3, 0.4) is 0 Å². The van der Waals surface area contributed by atoms with Gasteiger partial charge in [-0.1, -0.05) is 25.1 Å². The fourth-order valence-corrected chi connectivity index (χ4v) is 2.12. The molecule has 0 N–H and O–H groups in total. The fourth-order valence-electron chi connectivity index (χ4n) is 1.89. The molecule has 0 aliphatic heterocycles. The number of hydrogen-bond acceptors (Lipinski definition) is 2. The number of para-hydroxylation sites is 1. The van der Waals surface area contributed by atoms with Crippen LogP contribution in [0.1, 0.15) is 25.8 Å². The zero-order valence-corrected chi connectivity index (χ0v) is 11.7. The van der Waals surface area contributed by atoms with Crippen molar-refractivity contribution in [2.45, 2.75) is 32.2 Å². The molecule has 0 heterocycles. The van der Waals surface area contributed by atoms with Gasteiger partial charge in [0.25, 0.3) is 0 Å². The summed E-state index contributed by atoms with van der Waals surface area (Å²) in [5, 5.41) is 0. The minimum atomic E-state index is 0.495. The van der Waals surface area contributed by atoms with Crippen LogP contribution in [0.5, 0.6) is 0 Å². The van der Waals surface area contributed by atoms with E-state index < -0.39 is 0 Å². The predicted octanol–water partition coefficient (Wildman–Crippen LogP) is 3.68. The average molecular weight is 256 g/mol. The highest BCUT2D eigenvalue weighted by Gasteiger charge is 2.15. The average Bonchev–Trinajstić information content (AvgIpc) is 2.39. The lowest BCUT2D eigenvalue weighted by Crippen LogP contribution is -2.36. The molecule has 0 amide bonds. The first-order valence-electron chi connectivity index (χ1n) is 6.14. The van der Waals surface area contributed by atoms with Crippen molar-refractivity contribution in [1.82, 2.24) is 0 Å². The van der Waals surface area contributed by atoms with E-state index in [-0.39, 0.29) is 0 Å². The topological polar surface area (TPSA) is 12.5 Å². The molecule has 96 valence electrons. The lowest BCUT2D eigenvalue weighted by Gasteiger charge is -2.32. The Morgan fingerprint density at radius 2 is 2.06 bits per heavy atom. The van der Waals surface area contributed by atoms with Crippen molar-refractivity contribution in [2.75, 3.05) is 25.2 Å². The Morgan fingerprint density at radius 3 is 2.65 bits per heavy atom. The molecule has 0 aromatic heterocycles. The summed E-state index contributed by atoms with van der Waals surface area (Å²) in [5.41, 5.74) is 2.42. The van der Waals surface area contributed by atoms with Crippen molar-refractivity contribution in [3.05, 3.63) is 29.8 Å². The number of methoxy groups -OCH3 is 1. The molecule has 1 aromatic carbocycles. The summed E-state index contributed by atoms with van der Waals surface area (Å²) in [6, 6.07) is 8.82. The molecule has 1 aromatic rings. The Bertz CT molecular complexity index is 330. The SMILES string of the molecule is CCC(C)N(CCOC)c1ccccc1CCl. The Hall–Kier alpha value is -0.730. The second-order valence-corrected chi connectivity index (χ2v) is 4.47. The molecule has 3 heteroatoms. The molecule has 2 nitrogen and oxygen atoms in total. The highest BCUT2D eigenvalue weighted by molar-refractivity contribution is 6.17. The van der Waals surface area contributed by atoms with Gasteiger partial charge in [0, 0.05) is 31.3 Å². The minimum Gasteiger partial charge on any atom is -0.383 e. The summed E-state index contributed by atoms with van der Waals surface area (Å²) in [5.74, 6) is 0.552. The zero-order chi connectivity index (χ0) is 12.7. The predicted molar refractivity (Wildman–Crippen MR) is 75.0 cm³/mol. The summed E-state index contributed by atoms with van der Waals surface area (Å²) in [4.78, 5) is 2.38. The van der Waals surface area contributed by atoms with Gasteiger partial charge in [-0.15, -0.1) is 11.6 Å². The number of hydrogen-bond donors (Lipinski definition) is 0. The van der Waals surface area contributed by atoms with Gasteiger partial charge in [-0.2, -0.15) is 0 Å². The lowest BCUT2D eigenvalue weighted by atomic mass is 10.1. The van der Waals surface area contributed by atoms with Crippen molar-refractivity contribution < 1.29 is 4.74 Å². The standard InChI is InChI=1S/C14H22ClNO/c1-4-12(2)16(9-10-17-3)14-8-6-5-7-13(14)11-15/h5-8,12H,4,9-11H2,1-3H3. The first kappa shape index (κ1) is 14.3. The highest BCUT2D eigenvalue weighted by Crippen LogP contribution is 2.24. The largest absolute Gasteiger partial charge is 0.383 e. The van der Waals surface area contributed by atoms with Crippen molar-refractivity contribution in [1.29, 1.82) is 0 Å². The molecule has 0 radical (unpaired) electrons. The van der Waals surface area contributed by atoms with Gasteiger partial charge in [-0.05, 0) is 25.0 Å². The van der Waals surface area contributed by atoms with Crippen LogP contribution < -0.4 is 4.90 Å². The van der Waals surface area contributed by atoms with E-state index in [4.69, 9.17) is 16.3 Å². The first-order chi connectivity index (χ1) is 8.24. The van der Waals surface area contributed by atoms with E-state index in [1.165, 1.54) is 11.3 Å². The Kier molecular flexibility index (Phi) is 6.38. The monoisotopic (exact) mass is 255 g/mol. The lowest BCUT2D eigenvalue weighted by molar-refractivity contribution is 0.203. The number of nitrogens with zero attached hydrogens (tertiary/aromatic N) is 1. The molecule has 1 atom stereocenters. The minimum absolute atomic E-state index is 0.495. The molecule has 0 bridgehead atoms. The molecular weight excluding hydrogens is 234 g/mol. The second kappa shape index (κ2) is 7.57. The van der Waals surface area contributed by atoms with Gasteiger partial charge in [-0.3, -0.25) is 0 Å². The maximum absolute atomic E-state index is 6.00. The number of alkyl halides is 1. The van der Waals surface area contributed by atoms with Crippen LogP contribution in [-0.2, 0) is 10.6 Å². The molecule has 0 saturated carbocycles. The van der Waals surface area contributed by atoms with Crippen LogP contribution in [-0.4, -0.2) is 26.3 Å². The normalized spacial score (nSPS) is 12.5. The molecular formula is C14H22ClNO. The molecule has 1 rings (SSSR count). The number of benzene rings is 1. The van der Waals surface area contributed by atoms with Gasteiger partial charge < -0.3 is 9.64 Å². The summed E-state index contributed by atoms with van der Waals surface area (Å²) >= 11 is 6.00. The van der Waals surface area contributed by atoms with E-state index in [1.54, 1.807) is 7.11 Å². The Balaban J connectivity index is 2.94. The van der Waals surface area contributed by atoms with Crippen LogP contribution in [0.4, 0.5) is 5.69 Å². The molecule has 0 spiro atoms. The number of rotatable bonds is 7. The van der Waals surface area contributed by atoms with Gasteiger partial charge in [0.1, 0.15) is 0 Å². The Labute approximate surface area is 110 Å². The molecule has 0 fully saturated rings. The van der Waals surface area contributed by atoms with E-state index in [9.17, 15) is 0 Å². The van der Waals surface area contributed by atoms with E-state index in [2.05, 4.69) is 36.9 Å². The van der Waals surface area contributed by atoms with E-state index in [0.717, 1.165) is 19.6 Å². The summed E-state index contributed by atoms with van der Waals surface area (Å²) < 4.78 is 5.19. The van der Waals surface area contributed by atoms with Crippen molar-refractivity contribution in [3.63, 3.8) is 0 Å². The number of halogens is 1. The van der Waals surface area contributed by atoms with Crippen LogP contribution in [0.15, 0.2) is 24.3 Å². The Morgan fingerprint density at radius 1 is 1.35 bits per heavy atom. The number of ether oxygens (including phenoxy) is 1. The summed E-state index contributed by atoms with van der Waals surface area (Å²) in [7, 11) is 1.74. The summed E-state index contributed by atoms with van der Waals surface area (Å²) in [6.07, 6.45) is 1.11. The highest BCUT2D eigenvalue weighted by atomic mass is 35.5. The molecule has 0 aliphatic rings. The van der Waals surface area contributed by atoms with Crippen LogP contribution >= 0.6 is 11.6 Å². The van der Waals surface area contributed by atoms with E-state index in [0.29, 0.717) is 11.9 Å². The van der Waals surface area contributed by atoms with Crippen molar-refractivity contribution in [3.8, 4) is 0 Å². The van der Waals surface area contributed by atoms with Gasteiger partial charge in [-0.25, -0.2) is 0 Å². The summed E-state index contributed by atoms with van der Waals surface area (Å²) in [6.45, 7) is 6.08. The zero-order valence-electron chi connectivity index (χ0n) is 10.9. The van der Waals surface area contributed by atoms with Gasteiger partial charge in [0.2, 0.25) is 0 Å². The third kappa shape index (κ3) is 3.90. The smallest absolute Gasteiger partial charge is 0.0637 e. The van der Waals surface area contributed by atoms with E-state index >= 15 is 0 Å². The van der Waals surface area contributed by atoms with Crippen LogP contribution in [0.25, 0.3) is 0 Å². The fraction of sp³-hybridized carbons (Fsp3) is 0.571. The van der Waals surface area contributed by atoms with Crippen LogP contribution in [0, 0.1) is 0 Å². The van der Waals surface area contributed by atoms with Gasteiger partial charge in [0.05, 0.1) is 6.61 Å². The van der Waals surface area contributed by atoms with Crippen LogP contribution in [0.2, 0.25) is 0 Å². The molecule has 0 saturated heterocycles.